The van der Waals surface area contributed by atoms with Crippen molar-refractivity contribution < 1.29 is 4.74 Å². The highest BCUT2D eigenvalue weighted by Crippen LogP contribution is 2.31. The number of ether oxygens (including phenoxy) is 1. The van der Waals surface area contributed by atoms with Gasteiger partial charge in [-0.25, -0.2) is 0 Å². The molecule has 3 nitrogen and oxygen atoms in total. The number of morpholine rings is 1. The molecule has 2 fully saturated rings. The maximum Gasteiger partial charge on any atom is 0.0623 e. The highest BCUT2D eigenvalue weighted by Gasteiger charge is 2.35. The molecule has 1 saturated carbocycles. The molecule has 1 aromatic carbocycles. The molecule has 1 heterocycles. The monoisotopic (exact) mass is 316 g/mol. The van der Waals surface area contributed by atoms with Gasteiger partial charge in [0.2, 0.25) is 0 Å². The summed E-state index contributed by atoms with van der Waals surface area (Å²) in [6.45, 7) is 9.53. The SMILES string of the molecule is CC(C)c1ccc(C(C)NC2CCCC2C2COCCN2)cc1. The second-order valence-corrected chi connectivity index (χ2v) is 7.55. The minimum atomic E-state index is 0.409. The molecule has 2 aliphatic rings. The van der Waals surface area contributed by atoms with E-state index in [1.54, 1.807) is 0 Å². The van der Waals surface area contributed by atoms with Gasteiger partial charge in [0.05, 0.1) is 13.2 Å². The Morgan fingerprint density at radius 1 is 1.09 bits per heavy atom. The van der Waals surface area contributed by atoms with Crippen LogP contribution in [0.1, 0.15) is 63.1 Å². The van der Waals surface area contributed by atoms with E-state index in [-0.39, 0.29) is 0 Å². The first kappa shape index (κ1) is 16.9. The first-order valence-electron chi connectivity index (χ1n) is 9.32. The van der Waals surface area contributed by atoms with Crippen LogP contribution in [0.4, 0.5) is 0 Å². The molecule has 1 aliphatic carbocycles. The van der Waals surface area contributed by atoms with Gasteiger partial charge in [0.1, 0.15) is 0 Å². The molecule has 4 unspecified atom stereocenters. The molecule has 0 aromatic heterocycles. The smallest absolute Gasteiger partial charge is 0.0623 e. The number of hydrogen-bond acceptors (Lipinski definition) is 3. The average molecular weight is 316 g/mol. The fraction of sp³-hybridized carbons (Fsp3) is 0.700. The van der Waals surface area contributed by atoms with Crippen LogP contribution in [0.25, 0.3) is 0 Å². The van der Waals surface area contributed by atoms with Gasteiger partial charge in [0.15, 0.2) is 0 Å². The van der Waals surface area contributed by atoms with Crippen molar-refractivity contribution in [3.8, 4) is 0 Å². The van der Waals surface area contributed by atoms with E-state index in [1.165, 1.54) is 30.4 Å². The Labute approximate surface area is 141 Å². The first-order chi connectivity index (χ1) is 11.1. The van der Waals surface area contributed by atoms with Gasteiger partial charge in [-0.2, -0.15) is 0 Å². The second kappa shape index (κ2) is 7.78. The average Bonchev–Trinajstić information content (AvgIpc) is 3.04. The molecule has 1 saturated heterocycles. The van der Waals surface area contributed by atoms with Crippen molar-refractivity contribution in [3.05, 3.63) is 35.4 Å². The molecule has 0 bridgehead atoms. The van der Waals surface area contributed by atoms with Crippen LogP contribution in [0.2, 0.25) is 0 Å². The Morgan fingerprint density at radius 3 is 2.48 bits per heavy atom. The van der Waals surface area contributed by atoms with Gasteiger partial charge in [-0.1, -0.05) is 44.5 Å². The van der Waals surface area contributed by atoms with Crippen molar-refractivity contribution in [2.24, 2.45) is 5.92 Å². The molecule has 4 atom stereocenters. The maximum atomic E-state index is 5.68. The van der Waals surface area contributed by atoms with Gasteiger partial charge in [-0.15, -0.1) is 0 Å². The Balaban J connectivity index is 1.60. The van der Waals surface area contributed by atoms with E-state index in [9.17, 15) is 0 Å². The lowest BCUT2D eigenvalue weighted by molar-refractivity contribution is 0.0518. The second-order valence-electron chi connectivity index (χ2n) is 7.55. The molecule has 0 radical (unpaired) electrons. The molecule has 3 rings (SSSR count). The Hall–Kier alpha value is -0.900. The standard InChI is InChI=1S/C20H32N2O/c1-14(2)16-7-9-17(10-8-16)15(3)22-19-6-4-5-18(19)20-13-23-12-11-21-20/h7-10,14-15,18-22H,4-6,11-13H2,1-3H3. The number of hydrogen-bond donors (Lipinski definition) is 2. The minimum Gasteiger partial charge on any atom is -0.379 e. The normalized spacial score (nSPS) is 29.8. The lowest BCUT2D eigenvalue weighted by Gasteiger charge is -2.34. The fourth-order valence-electron chi connectivity index (χ4n) is 4.12. The topological polar surface area (TPSA) is 33.3 Å². The van der Waals surface area contributed by atoms with Crippen LogP contribution in [-0.4, -0.2) is 31.8 Å². The highest BCUT2D eigenvalue weighted by atomic mass is 16.5. The van der Waals surface area contributed by atoms with Crippen LogP contribution in [-0.2, 0) is 4.74 Å². The van der Waals surface area contributed by atoms with E-state index in [0.29, 0.717) is 30.0 Å². The summed E-state index contributed by atoms with van der Waals surface area (Å²) < 4.78 is 5.68. The minimum absolute atomic E-state index is 0.409. The summed E-state index contributed by atoms with van der Waals surface area (Å²) in [7, 11) is 0. The predicted octanol–water partition coefficient (Wildman–Crippen LogP) is 3.62. The number of rotatable bonds is 5. The van der Waals surface area contributed by atoms with E-state index in [4.69, 9.17) is 4.74 Å². The summed E-state index contributed by atoms with van der Waals surface area (Å²) in [5.74, 6) is 1.30. The van der Waals surface area contributed by atoms with E-state index >= 15 is 0 Å². The third-order valence-electron chi connectivity index (χ3n) is 5.60. The van der Waals surface area contributed by atoms with Crippen molar-refractivity contribution in [1.29, 1.82) is 0 Å². The molecule has 128 valence electrons. The van der Waals surface area contributed by atoms with Crippen LogP contribution in [0, 0.1) is 5.92 Å². The first-order valence-corrected chi connectivity index (χ1v) is 9.32. The van der Waals surface area contributed by atoms with Crippen molar-refractivity contribution in [1.82, 2.24) is 10.6 Å². The van der Waals surface area contributed by atoms with Crippen molar-refractivity contribution in [3.63, 3.8) is 0 Å². The van der Waals surface area contributed by atoms with Gasteiger partial charge in [-0.3, -0.25) is 0 Å². The molecule has 1 aromatic rings. The summed E-state index contributed by atoms with van der Waals surface area (Å²) in [6.07, 6.45) is 3.94. The molecule has 23 heavy (non-hydrogen) atoms. The van der Waals surface area contributed by atoms with Crippen molar-refractivity contribution >= 4 is 0 Å². The third-order valence-corrected chi connectivity index (χ3v) is 5.60. The van der Waals surface area contributed by atoms with Gasteiger partial charge >= 0.3 is 0 Å². The molecular weight excluding hydrogens is 284 g/mol. The lowest BCUT2D eigenvalue weighted by atomic mass is 9.92. The zero-order valence-electron chi connectivity index (χ0n) is 14.8. The molecule has 3 heteroatoms. The summed E-state index contributed by atoms with van der Waals surface area (Å²) in [5.41, 5.74) is 2.82. The molecule has 2 N–H and O–H groups in total. The third kappa shape index (κ3) is 4.14. The molecule has 0 spiro atoms. The Bertz CT molecular complexity index is 479. The van der Waals surface area contributed by atoms with Crippen LogP contribution in [0.15, 0.2) is 24.3 Å². The predicted molar refractivity (Wildman–Crippen MR) is 95.8 cm³/mol. The molecule has 1 aliphatic heterocycles. The van der Waals surface area contributed by atoms with E-state index in [1.807, 2.05) is 0 Å². The van der Waals surface area contributed by atoms with Crippen LogP contribution >= 0.6 is 0 Å². The van der Waals surface area contributed by atoms with E-state index in [2.05, 4.69) is 55.7 Å². The van der Waals surface area contributed by atoms with Gasteiger partial charge in [0.25, 0.3) is 0 Å². The van der Waals surface area contributed by atoms with Crippen LogP contribution < -0.4 is 10.6 Å². The van der Waals surface area contributed by atoms with E-state index in [0.717, 1.165) is 19.8 Å². The van der Waals surface area contributed by atoms with Gasteiger partial charge < -0.3 is 15.4 Å². The molecule has 0 amide bonds. The Kier molecular flexibility index (Phi) is 5.73. The van der Waals surface area contributed by atoms with E-state index < -0.39 is 0 Å². The van der Waals surface area contributed by atoms with Crippen LogP contribution in [0.5, 0.6) is 0 Å². The van der Waals surface area contributed by atoms with Crippen molar-refractivity contribution in [2.75, 3.05) is 19.8 Å². The van der Waals surface area contributed by atoms with Gasteiger partial charge in [-0.05, 0) is 42.7 Å². The summed E-state index contributed by atoms with van der Waals surface area (Å²) >= 11 is 0. The molecular formula is C20H32N2O. The maximum absolute atomic E-state index is 5.68. The summed E-state index contributed by atoms with van der Waals surface area (Å²) in [6, 6.07) is 10.7. The van der Waals surface area contributed by atoms with Crippen molar-refractivity contribution in [2.45, 2.75) is 64.1 Å². The van der Waals surface area contributed by atoms with Gasteiger partial charge in [0, 0.05) is 24.7 Å². The zero-order valence-corrected chi connectivity index (χ0v) is 14.8. The fourth-order valence-corrected chi connectivity index (χ4v) is 4.12. The summed E-state index contributed by atoms with van der Waals surface area (Å²) in [5, 5.41) is 7.55. The quantitative estimate of drug-likeness (QED) is 0.870. The summed E-state index contributed by atoms with van der Waals surface area (Å²) in [4.78, 5) is 0. The Morgan fingerprint density at radius 2 is 1.83 bits per heavy atom. The largest absolute Gasteiger partial charge is 0.379 e. The van der Waals surface area contributed by atoms with Crippen LogP contribution in [0.3, 0.4) is 0 Å². The lowest BCUT2D eigenvalue weighted by Crippen LogP contribution is -2.51. The zero-order chi connectivity index (χ0) is 16.2. The number of nitrogens with one attached hydrogen (secondary N) is 2. The number of benzene rings is 1. The highest BCUT2D eigenvalue weighted by molar-refractivity contribution is 5.26.